The van der Waals surface area contributed by atoms with Gasteiger partial charge in [-0.25, -0.2) is 0 Å². The third-order valence-corrected chi connectivity index (χ3v) is 4.84. The molecule has 0 spiro atoms. The van der Waals surface area contributed by atoms with Gasteiger partial charge in [-0.15, -0.1) is 0 Å². The topological polar surface area (TPSA) is 76.4 Å². The number of hydrogen-bond acceptors (Lipinski definition) is 4. The lowest BCUT2D eigenvalue weighted by molar-refractivity contribution is -0.120. The van der Waals surface area contributed by atoms with Crippen LogP contribution in [0, 0.1) is 11.3 Å². The summed E-state index contributed by atoms with van der Waals surface area (Å²) in [6, 6.07) is 16.5. The van der Waals surface area contributed by atoms with Gasteiger partial charge in [0, 0.05) is 37.1 Å². The van der Waals surface area contributed by atoms with Crippen molar-refractivity contribution in [3.8, 4) is 6.07 Å². The van der Waals surface area contributed by atoms with Crippen molar-refractivity contribution < 1.29 is 9.59 Å². The van der Waals surface area contributed by atoms with Crippen molar-refractivity contribution in [2.75, 3.05) is 34.8 Å². The standard InChI is InChI=1S/C22H24N4O2/c1-17(27)26(16-22(28)24-19-7-5-6-18(14-19)15-23)21-10-8-20(9-11-21)25-12-3-2-4-13-25/h5-11,14H,2-4,12-13,16H2,1H3,(H,24,28). The molecule has 0 aromatic heterocycles. The number of carbonyl (C=O) groups excluding carboxylic acids is 2. The number of piperidine rings is 1. The van der Waals surface area contributed by atoms with E-state index in [-0.39, 0.29) is 18.4 Å². The molecule has 28 heavy (non-hydrogen) atoms. The first-order valence-corrected chi connectivity index (χ1v) is 9.50. The number of amides is 2. The maximum absolute atomic E-state index is 12.4. The summed E-state index contributed by atoms with van der Waals surface area (Å²) in [6.45, 7) is 3.47. The van der Waals surface area contributed by atoms with Crippen LogP contribution >= 0.6 is 0 Å². The minimum atomic E-state index is -0.314. The van der Waals surface area contributed by atoms with E-state index in [4.69, 9.17) is 5.26 Å². The summed E-state index contributed by atoms with van der Waals surface area (Å²) in [5.41, 5.74) is 2.83. The van der Waals surface area contributed by atoms with Gasteiger partial charge in [-0.3, -0.25) is 9.59 Å². The molecule has 0 aliphatic carbocycles. The molecule has 2 aromatic rings. The first-order chi connectivity index (χ1) is 13.6. The monoisotopic (exact) mass is 376 g/mol. The second kappa shape index (κ2) is 9.05. The highest BCUT2D eigenvalue weighted by Gasteiger charge is 2.17. The van der Waals surface area contributed by atoms with Gasteiger partial charge in [-0.2, -0.15) is 5.26 Å². The summed E-state index contributed by atoms with van der Waals surface area (Å²) in [4.78, 5) is 28.3. The number of rotatable bonds is 5. The van der Waals surface area contributed by atoms with Crippen molar-refractivity contribution in [1.29, 1.82) is 5.26 Å². The average Bonchev–Trinajstić information content (AvgIpc) is 2.73. The lowest BCUT2D eigenvalue weighted by Gasteiger charge is -2.29. The predicted molar refractivity (Wildman–Crippen MR) is 110 cm³/mol. The van der Waals surface area contributed by atoms with Gasteiger partial charge in [0.1, 0.15) is 6.54 Å². The van der Waals surface area contributed by atoms with E-state index in [1.807, 2.05) is 30.3 Å². The maximum Gasteiger partial charge on any atom is 0.244 e. The quantitative estimate of drug-likeness (QED) is 0.866. The Morgan fingerprint density at radius 2 is 1.82 bits per heavy atom. The average molecular weight is 376 g/mol. The van der Waals surface area contributed by atoms with Crippen molar-refractivity contribution >= 4 is 28.9 Å². The number of benzene rings is 2. The Hall–Kier alpha value is -3.33. The second-order valence-electron chi connectivity index (χ2n) is 6.91. The van der Waals surface area contributed by atoms with Gasteiger partial charge in [0.2, 0.25) is 11.8 Å². The van der Waals surface area contributed by atoms with E-state index in [0.29, 0.717) is 16.9 Å². The molecule has 0 saturated carbocycles. The van der Waals surface area contributed by atoms with Crippen LogP contribution in [0.1, 0.15) is 31.7 Å². The Labute approximate surface area is 165 Å². The normalized spacial score (nSPS) is 13.5. The van der Waals surface area contributed by atoms with Crippen molar-refractivity contribution in [2.24, 2.45) is 0 Å². The van der Waals surface area contributed by atoms with E-state index in [9.17, 15) is 9.59 Å². The molecule has 2 amide bonds. The van der Waals surface area contributed by atoms with Gasteiger partial charge in [0.25, 0.3) is 0 Å². The number of nitrogens with zero attached hydrogens (tertiary/aromatic N) is 3. The van der Waals surface area contributed by atoms with Gasteiger partial charge < -0.3 is 15.1 Å². The van der Waals surface area contributed by atoms with E-state index in [1.54, 1.807) is 24.3 Å². The minimum Gasteiger partial charge on any atom is -0.372 e. The molecule has 1 aliphatic rings. The highest BCUT2D eigenvalue weighted by molar-refractivity contribution is 6.01. The third-order valence-electron chi connectivity index (χ3n) is 4.84. The van der Waals surface area contributed by atoms with E-state index >= 15 is 0 Å². The Bertz CT molecular complexity index is 880. The fraction of sp³-hybridized carbons (Fsp3) is 0.318. The lowest BCUT2D eigenvalue weighted by Crippen LogP contribution is -2.36. The summed E-state index contributed by atoms with van der Waals surface area (Å²) in [7, 11) is 0. The van der Waals surface area contributed by atoms with Crippen molar-refractivity contribution in [2.45, 2.75) is 26.2 Å². The molecule has 0 radical (unpaired) electrons. The largest absolute Gasteiger partial charge is 0.372 e. The zero-order valence-electron chi connectivity index (χ0n) is 16.0. The molecule has 1 saturated heterocycles. The Morgan fingerprint density at radius 3 is 2.46 bits per heavy atom. The van der Waals surface area contributed by atoms with Gasteiger partial charge in [0.15, 0.2) is 0 Å². The first kappa shape index (κ1) is 19.4. The fourth-order valence-corrected chi connectivity index (χ4v) is 3.39. The molecule has 0 unspecified atom stereocenters. The molecule has 1 fully saturated rings. The Balaban J connectivity index is 1.68. The molecular formula is C22H24N4O2. The van der Waals surface area contributed by atoms with Gasteiger partial charge >= 0.3 is 0 Å². The molecule has 1 N–H and O–H groups in total. The fourth-order valence-electron chi connectivity index (χ4n) is 3.39. The third kappa shape index (κ3) is 4.89. The Morgan fingerprint density at radius 1 is 1.11 bits per heavy atom. The number of nitrogens with one attached hydrogen (secondary N) is 1. The summed E-state index contributed by atoms with van der Waals surface area (Å²) >= 11 is 0. The summed E-state index contributed by atoms with van der Waals surface area (Å²) in [6.07, 6.45) is 3.68. The van der Waals surface area contributed by atoms with Gasteiger partial charge in [0.05, 0.1) is 11.6 Å². The highest BCUT2D eigenvalue weighted by atomic mass is 16.2. The van der Waals surface area contributed by atoms with Crippen LogP contribution in [0.2, 0.25) is 0 Å². The summed E-state index contributed by atoms with van der Waals surface area (Å²) in [5.74, 6) is -0.517. The molecule has 1 heterocycles. The molecule has 2 aromatic carbocycles. The van der Waals surface area contributed by atoms with Crippen LogP contribution in [0.5, 0.6) is 0 Å². The van der Waals surface area contributed by atoms with E-state index in [1.165, 1.54) is 31.1 Å². The zero-order valence-corrected chi connectivity index (χ0v) is 16.0. The van der Waals surface area contributed by atoms with Crippen LogP contribution in [0.25, 0.3) is 0 Å². The second-order valence-corrected chi connectivity index (χ2v) is 6.91. The Kier molecular flexibility index (Phi) is 6.28. The lowest BCUT2D eigenvalue weighted by atomic mass is 10.1. The first-order valence-electron chi connectivity index (χ1n) is 9.50. The van der Waals surface area contributed by atoms with Crippen molar-refractivity contribution in [3.05, 3.63) is 54.1 Å². The summed E-state index contributed by atoms with van der Waals surface area (Å²) in [5, 5.41) is 11.7. The van der Waals surface area contributed by atoms with E-state index < -0.39 is 0 Å². The zero-order chi connectivity index (χ0) is 19.9. The van der Waals surface area contributed by atoms with Crippen molar-refractivity contribution in [3.63, 3.8) is 0 Å². The van der Waals surface area contributed by atoms with E-state index in [2.05, 4.69) is 10.2 Å². The number of anilines is 3. The van der Waals surface area contributed by atoms with Crippen LogP contribution in [0.15, 0.2) is 48.5 Å². The molecule has 144 valence electrons. The van der Waals surface area contributed by atoms with Crippen LogP contribution in [-0.4, -0.2) is 31.4 Å². The van der Waals surface area contributed by atoms with E-state index in [0.717, 1.165) is 18.8 Å². The summed E-state index contributed by atoms with van der Waals surface area (Å²) < 4.78 is 0. The molecule has 1 aliphatic heterocycles. The highest BCUT2D eigenvalue weighted by Crippen LogP contribution is 2.24. The predicted octanol–water partition coefficient (Wildman–Crippen LogP) is 3.54. The SMILES string of the molecule is CC(=O)N(CC(=O)Nc1cccc(C#N)c1)c1ccc(N2CCCCC2)cc1. The molecular weight excluding hydrogens is 352 g/mol. The molecule has 6 heteroatoms. The van der Waals surface area contributed by atoms with Crippen LogP contribution in [0.4, 0.5) is 17.1 Å². The van der Waals surface area contributed by atoms with Crippen LogP contribution in [-0.2, 0) is 9.59 Å². The molecule has 3 rings (SSSR count). The molecule has 0 atom stereocenters. The van der Waals surface area contributed by atoms with Gasteiger partial charge in [-0.05, 0) is 61.7 Å². The van der Waals surface area contributed by atoms with Crippen LogP contribution in [0.3, 0.4) is 0 Å². The maximum atomic E-state index is 12.4. The van der Waals surface area contributed by atoms with Gasteiger partial charge in [-0.1, -0.05) is 6.07 Å². The minimum absolute atomic E-state index is 0.0881. The van der Waals surface area contributed by atoms with Crippen LogP contribution < -0.4 is 15.1 Å². The molecule has 0 bridgehead atoms. The number of hydrogen-bond donors (Lipinski definition) is 1. The van der Waals surface area contributed by atoms with Crippen molar-refractivity contribution in [1.82, 2.24) is 0 Å². The molecule has 6 nitrogen and oxygen atoms in total. The number of carbonyl (C=O) groups is 2. The smallest absolute Gasteiger partial charge is 0.244 e. The number of nitriles is 1.